The highest BCUT2D eigenvalue weighted by Crippen LogP contribution is 2.43. The molecule has 0 spiro atoms. The van der Waals surface area contributed by atoms with Gasteiger partial charge < -0.3 is 10.1 Å². The third-order valence-electron chi connectivity index (χ3n) is 5.12. The van der Waals surface area contributed by atoms with Gasteiger partial charge in [-0.1, -0.05) is 12.1 Å². The van der Waals surface area contributed by atoms with Crippen LogP contribution in [-0.4, -0.2) is 24.7 Å². The first kappa shape index (κ1) is 22.7. The number of alkyl halides is 3. The second-order valence-corrected chi connectivity index (χ2v) is 8.35. The van der Waals surface area contributed by atoms with Gasteiger partial charge >= 0.3 is 6.18 Å². The highest BCUT2D eigenvalue weighted by molar-refractivity contribution is 8.00. The summed E-state index contributed by atoms with van der Waals surface area (Å²) in [6, 6.07) is 18.3. The minimum Gasteiger partial charge on any atom is -0.497 e. The summed E-state index contributed by atoms with van der Waals surface area (Å²) in [5.74, 6) is 0.343. The number of methoxy groups -OCH3 is 1. The molecule has 3 aromatic rings. The maximum absolute atomic E-state index is 12.9. The lowest BCUT2D eigenvalue weighted by Crippen LogP contribution is -2.28. The molecule has 9 heteroatoms. The molecular formula is C24H19F3N2O3S. The van der Waals surface area contributed by atoms with Crippen LogP contribution >= 0.6 is 11.8 Å². The van der Waals surface area contributed by atoms with Crippen molar-refractivity contribution in [2.45, 2.75) is 11.6 Å². The Morgan fingerprint density at radius 1 is 1.06 bits per heavy atom. The first-order valence-corrected chi connectivity index (χ1v) is 11.0. The highest BCUT2D eigenvalue weighted by Gasteiger charge is 2.35. The van der Waals surface area contributed by atoms with Crippen molar-refractivity contribution in [2.75, 3.05) is 23.1 Å². The van der Waals surface area contributed by atoms with Crippen LogP contribution in [0.3, 0.4) is 0 Å². The van der Waals surface area contributed by atoms with Crippen LogP contribution in [0.5, 0.6) is 5.75 Å². The largest absolute Gasteiger partial charge is 0.497 e. The first-order valence-electron chi connectivity index (χ1n) is 9.92. The van der Waals surface area contributed by atoms with E-state index in [1.54, 1.807) is 49.6 Å². The van der Waals surface area contributed by atoms with Gasteiger partial charge in [0.25, 0.3) is 5.91 Å². The zero-order valence-corrected chi connectivity index (χ0v) is 18.2. The number of benzene rings is 3. The van der Waals surface area contributed by atoms with Crippen LogP contribution in [0.1, 0.15) is 26.9 Å². The summed E-state index contributed by atoms with van der Waals surface area (Å²) in [7, 11) is 1.54. The zero-order valence-electron chi connectivity index (χ0n) is 17.4. The maximum atomic E-state index is 12.9. The predicted molar refractivity (Wildman–Crippen MR) is 122 cm³/mol. The Bertz CT molecular complexity index is 1160. The second-order valence-electron chi connectivity index (χ2n) is 7.28. The molecule has 1 aliphatic rings. The number of anilines is 2. The van der Waals surface area contributed by atoms with Crippen LogP contribution in [0, 0.1) is 0 Å². The molecular weight excluding hydrogens is 453 g/mol. The summed E-state index contributed by atoms with van der Waals surface area (Å²) < 4.78 is 43.8. The molecule has 0 aliphatic carbocycles. The van der Waals surface area contributed by atoms with Crippen molar-refractivity contribution >= 4 is 35.0 Å². The molecule has 0 radical (unpaired) electrons. The number of carbonyl (C=O) groups excluding carboxylic acids is 2. The van der Waals surface area contributed by atoms with Crippen molar-refractivity contribution in [3.63, 3.8) is 0 Å². The molecule has 0 saturated carbocycles. The Hall–Kier alpha value is -3.46. The van der Waals surface area contributed by atoms with Crippen molar-refractivity contribution in [3.05, 3.63) is 89.5 Å². The Morgan fingerprint density at radius 2 is 1.76 bits per heavy atom. The topological polar surface area (TPSA) is 58.6 Å². The molecule has 1 atom stereocenters. The van der Waals surface area contributed by atoms with Crippen LogP contribution in [0.2, 0.25) is 0 Å². The van der Waals surface area contributed by atoms with Crippen LogP contribution in [0.25, 0.3) is 0 Å². The molecule has 33 heavy (non-hydrogen) atoms. The summed E-state index contributed by atoms with van der Waals surface area (Å²) in [6.07, 6.45) is -4.45. The van der Waals surface area contributed by atoms with Crippen molar-refractivity contribution in [3.8, 4) is 5.75 Å². The van der Waals surface area contributed by atoms with Gasteiger partial charge in [0.1, 0.15) is 11.1 Å². The van der Waals surface area contributed by atoms with Crippen LogP contribution in [0.4, 0.5) is 24.5 Å². The quantitative estimate of drug-likeness (QED) is 0.514. The molecule has 0 bridgehead atoms. The fourth-order valence-corrected chi connectivity index (χ4v) is 4.64. The molecule has 4 rings (SSSR count). The summed E-state index contributed by atoms with van der Waals surface area (Å²) in [4.78, 5) is 26.6. The van der Waals surface area contributed by atoms with Gasteiger partial charge in [0.2, 0.25) is 5.91 Å². The number of nitrogens with zero attached hydrogens (tertiary/aromatic N) is 1. The molecule has 1 aliphatic heterocycles. The molecule has 2 amide bonds. The van der Waals surface area contributed by atoms with Gasteiger partial charge in [-0.2, -0.15) is 13.2 Å². The summed E-state index contributed by atoms with van der Waals surface area (Å²) in [5.41, 5.74) is 1.36. The Kier molecular flexibility index (Phi) is 6.33. The molecule has 170 valence electrons. The van der Waals surface area contributed by atoms with E-state index in [1.165, 1.54) is 28.8 Å². The van der Waals surface area contributed by atoms with E-state index in [0.29, 0.717) is 22.7 Å². The smallest absolute Gasteiger partial charge is 0.416 e. The van der Waals surface area contributed by atoms with Crippen LogP contribution in [-0.2, 0) is 11.0 Å². The van der Waals surface area contributed by atoms with Gasteiger partial charge in [-0.15, -0.1) is 11.8 Å². The third kappa shape index (κ3) is 4.98. The highest BCUT2D eigenvalue weighted by atomic mass is 32.2. The van der Waals surface area contributed by atoms with Gasteiger partial charge in [0.05, 0.1) is 18.4 Å². The zero-order chi connectivity index (χ0) is 23.6. The average Bonchev–Trinajstić information content (AvgIpc) is 3.20. The van der Waals surface area contributed by atoms with E-state index >= 15 is 0 Å². The average molecular weight is 472 g/mol. The van der Waals surface area contributed by atoms with E-state index in [2.05, 4.69) is 5.32 Å². The fourth-order valence-electron chi connectivity index (χ4n) is 3.48. The molecule has 1 saturated heterocycles. The van der Waals surface area contributed by atoms with E-state index in [4.69, 9.17) is 4.74 Å². The van der Waals surface area contributed by atoms with Gasteiger partial charge in [-0.05, 0) is 66.2 Å². The summed E-state index contributed by atoms with van der Waals surface area (Å²) >= 11 is 1.37. The molecule has 1 unspecified atom stereocenters. The lowest BCUT2D eigenvalue weighted by Gasteiger charge is -2.25. The molecule has 1 heterocycles. The molecule has 0 aromatic heterocycles. The number of halogens is 3. The number of nitrogens with one attached hydrogen (secondary N) is 1. The Labute approximate surface area is 192 Å². The molecule has 1 fully saturated rings. The van der Waals surface area contributed by atoms with Crippen molar-refractivity contribution in [2.24, 2.45) is 0 Å². The van der Waals surface area contributed by atoms with E-state index < -0.39 is 17.1 Å². The summed E-state index contributed by atoms with van der Waals surface area (Å²) in [5, 5.41) is 2.41. The summed E-state index contributed by atoms with van der Waals surface area (Å²) in [6.45, 7) is 0. The SMILES string of the molecule is COc1ccc(C(=O)Nc2cccc(C3SCC(=O)N3c3ccc(C(F)(F)F)cc3)c2)cc1. The number of carbonyl (C=O) groups is 2. The number of thioether (sulfide) groups is 1. The number of rotatable bonds is 5. The minimum atomic E-state index is -4.45. The lowest BCUT2D eigenvalue weighted by molar-refractivity contribution is -0.137. The number of hydrogen-bond acceptors (Lipinski definition) is 4. The van der Waals surface area contributed by atoms with E-state index in [0.717, 1.165) is 17.7 Å². The van der Waals surface area contributed by atoms with Gasteiger partial charge in [0.15, 0.2) is 0 Å². The number of amides is 2. The van der Waals surface area contributed by atoms with Crippen LogP contribution in [0.15, 0.2) is 72.8 Å². The van der Waals surface area contributed by atoms with Gasteiger partial charge in [-0.25, -0.2) is 0 Å². The van der Waals surface area contributed by atoms with Crippen LogP contribution < -0.4 is 15.0 Å². The van der Waals surface area contributed by atoms with Crippen molar-refractivity contribution in [1.29, 1.82) is 0 Å². The Morgan fingerprint density at radius 3 is 2.39 bits per heavy atom. The van der Waals surface area contributed by atoms with E-state index in [-0.39, 0.29) is 17.6 Å². The van der Waals surface area contributed by atoms with Gasteiger partial charge in [-0.3, -0.25) is 14.5 Å². The second kappa shape index (κ2) is 9.19. The normalized spacial score (nSPS) is 16.1. The number of ether oxygens (including phenoxy) is 1. The monoisotopic (exact) mass is 472 g/mol. The van der Waals surface area contributed by atoms with Crippen molar-refractivity contribution in [1.82, 2.24) is 0 Å². The van der Waals surface area contributed by atoms with E-state index in [1.807, 2.05) is 6.07 Å². The third-order valence-corrected chi connectivity index (χ3v) is 6.33. The minimum absolute atomic E-state index is 0.197. The molecule has 1 N–H and O–H groups in total. The lowest BCUT2D eigenvalue weighted by atomic mass is 10.1. The van der Waals surface area contributed by atoms with E-state index in [9.17, 15) is 22.8 Å². The predicted octanol–water partition coefficient (Wildman–Crippen LogP) is 5.74. The fraction of sp³-hybridized carbons (Fsp3) is 0.167. The molecule has 5 nitrogen and oxygen atoms in total. The maximum Gasteiger partial charge on any atom is 0.416 e. The Balaban J connectivity index is 1.55. The van der Waals surface area contributed by atoms with Crippen molar-refractivity contribution < 1.29 is 27.5 Å². The standard InChI is InChI=1S/C24H19F3N2O3S/c1-32-20-11-5-15(6-12-20)22(31)28-18-4-2-3-16(13-18)23-29(21(30)14-33-23)19-9-7-17(8-10-19)24(25,26)27/h2-13,23H,14H2,1H3,(H,28,31). The molecule has 3 aromatic carbocycles. The number of hydrogen-bond donors (Lipinski definition) is 1. The van der Waals surface area contributed by atoms with Gasteiger partial charge in [0, 0.05) is 16.9 Å². The first-order chi connectivity index (χ1) is 15.8.